The van der Waals surface area contributed by atoms with Crippen molar-refractivity contribution in [3.63, 3.8) is 0 Å². The van der Waals surface area contributed by atoms with Crippen LogP contribution in [0.25, 0.3) is 27.0 Å². The van der Waals surface area contributed by atoms with Gasteiger partial charge in [0, 0.05) is 21.7 Å². The lowest BCUT2D eigenvalue weighted by Gasteiger charge is -1.99. The Bertz CT molecular complexity index is 1250. The second-order valence-corrected chi connectivity index (χ2v) is 7.77. The van der Waals surface area contributed by atoms with Crippen LogP contribution in [0.3, 0.4) is 0 Å². The van der Waals surface area contributed by atoms with E-state index >= 15 is 0 Å². The van der Waals surface area contributed by atoms with Crippen molar-refractivity contribution in [2.45, 2.75) is 19.3 Å². The van der Waals surface area contributed by atoms with Gasteiger partial charge in [0.15, 0.2) is 0 Å². The highest BCUT2D eigenvalue weighted by atomic mass is 35.5. The van der Waals surface area contributed by atoms with Gasteiger partial charge in [-0.3, -0.25) is 9.20 Å². The van der Waals surface area contributed by atoms with Gasteiger partial charge in [-0.25, -0.2) is 0 Å². The highest BCUT2D eigenvalue weighted by Crippen LogP contribution is 2.37. The van der Waals surface area contributed by atoms with Gasteiger partial charge in [0.05, 0.1) is 5.39 Å². The molecule has 0 bridgehead atoms. The number of hydrogen-bond donors (Lipinski definition) is 1. The van der Waals surface area contributed by atoms with Gasteiger partial charge in [0.2, 0.25) is 0 Å². The van der Waals surface area contributed by atoms with Crippen molar-refractivity contribution < 1.29 is 0 Å². The molecule has 5 rings (SSSR count). The molecule has 4 nitrogen and oxygen atoms in total. The Morgan fingerprint density at radius 2 is 2.04 bits per heavy atom. The number of thiophene rings is 1. The molecular weight excluding hydrogens is 354 g/mol. The van der Waals surface area contributed by atoms with Crippen molar-refractivity contribution in [3.8, 4) is 17.2 Å². The van der Waals surface area contributed by atoms with Crippen molar-refractivity contribution >= 4 is 38.8 Å². The molecule has 1 aromatic carbocycles. The fraction of sp³-hybridized carbons (Fsp3) is 0.158. The summed E-state index contributed by atoms with van der Waals surface area (Å²) in [6.07, 6.45) is 5.05. The van der Waals surface area contributed by atoms with E-state index in [1.165, 1.54) is 10.4 Å². The van der Waals surface area contributed by atoms with Gasteiger partial charge < -0.3 is 4.98 Å². The Morgan fingerprint density at radius 3 is 2.80 bits per heavy atom. The summed E-state index contributed by atoms with van der Waals surface area (Å²) in [5.74, 6) is 0. The number of fused-ring (bicyclic) bond motifs is 5. The number of hydrogen-bond acceptors (Lipinski definition) is 3. The summed E-state index contributed by atoms with van der Waals surface area (Å²) in [5.41, 5.74) is 3.83. The Morgan fingerprint density at radius 1 is 1.24 bits per heavy atom. The molecule has 0 unspecified atom stereocenters. The third kappa shape index (κ3) is 2.02. The molecule has 6 heteroatoms. The standard InChI is InChI=1S/C19H12ClN3OS/c20-11-6-4-10(5-7-11)14-9-23-17(13(14)8-21)22-18(24)16-12-2-1-3-15(12)25-19(16)23/h4-7,9H,1-3H2,(H,22,24). The quantitative estimate of drug-likeness (QED) is 0.539. The summed E-state index contributed by atoms with van der Waals surface area (Å²) in [6.45, 7) is 0. The van der Waals surface area contributed by atoms with E-state index in [0.717, 1.165) is 40.6 Å². The first kappa shape index (κ1) is 14.8. The SMILES string of the molecule is N#Cc1c(-c2ccc(Cl)cc2)cn2c1[nH]c(=O)c1c3c(sc12)CCC3. The zero-order valence-electron chi connectivity index (χ0n) is 13.1. The minimum atomic E-state index is -0.0980. The lowest BCUT2D eigenvalue weighted by molar-refractivity contribution is 0.916. The molecule has 0 saturated heterocycles. The first-order valence-electron chi connectivity index (χ1n) is 8.05. The van der Waals surface area contributed by atoms with Gasteiger partial charge in [0.25, 0.3) is 5.56 Å². The average Bonchev–Trinajstić information content (AvgIpc) is 3.27. The van der Waals surface area contributed by atoms with Crippen molar-refractivity contribution in [1.82, 2.24) is 9.38 Å². The van der Waals surface area contributed by atoms with Crippen molar-refractivity contribution in [3.05, 3.63) is 61.8 Å². The topological polar surface area (TPSA) is 61.1 Å². The van der Waals surface area contributed by atoms with Crippen LogP contribution < -0.4 is 5.56 Å². The van der Waals surface area contributed by atoms with E-state index in [0.29, 0.717) is 16.2 Å². The molecule has 0 aliphatic heterocycles. The Kier molecular flexibility index (Phi) is 3.08. The van der Waals surface area contributed by atoms with Gasteiger partial charge in [-0.15, -0.1) is 11.3 Å². The van der Waals surface area contributed by atoms with Crippen LogP contribution >= 0.6 is 22.9 Å². The maximum atomic E-state index is 12.7. The van der Waals surface area contributed by atoms with Crippen LogP contribution in [0.4, 0.5) is 0 Å². The van der Waals surface area contributed by atoms with Gasteiger partial charge in [-0.05, 0) is 42.5 Å². The van der Waals surface area contributed by atoms with Gasteiger partial charge in [-0.1, -0.05) is 23.7 Å². The molecule has 0 atom stereocenters. The number of nitriles is 1. The number of benzene rings is 1. The zero-order valence-corrected chi connectivity index (χ0v) is 14.7. The van der Waals surface area contributed by atoms with E-state index in [1.54, 1.807) is 23.5 Å². The fourth-order valence-electron chi connectivity index (χ4n) is 3.71. The van der Waals surface area contributed by atoms with Crippen LogP contribution in [-0.4, -0.2) is 9.38 Å². The second kappa shape index (κ2) is 5.22. The highest BCUT2D eigenvalue weighted by Gasteiger charge is 2.23. The summed E-state index contributed by atoms with van der Waals surface area (Å²) >= 11 is 7.65. The van der Waals surface area contributed by atoms with Crippen LogP contribution in [0.15, 0.2) is 35.3 Å². The molecule has 3 heterocycles. The maximum absolute atomic E-state index is 12.7. The van der Waals surface area contributed by atoms with Crippen LogP contribution in [0.2, 0.25) is 5.02 Å². The molecule has 0 saturated carbocycles. The number of nitrogens with one attached hydrogen (secondary N) is 1. The number of aromatic nitrogens is 2. The fourth-order valence-corrected chi connectivity index (χ4v) is 5.21. The van der Waals surface area contributed by atoms with E-state index in [4.69, 9.17) is 11.6 Å². The average molecular weight is 366 g/mol. The van der Waals surface area contributed by atoms with Gasteiger partial charge in [-0.2, -0.15) is 5.26 Å². The van der Waals surface area contributed by atoms with Crippen molar-refractivity contribution in [2.24, 2.45) is 0 Å². The Labute approximate surface area is 151 Å². The number of aryl methyl sites for hydroxylation is 2. The number of halogens is 1. The summed E-state index contributed by atoms with van der Waals surface area (Å²) in [6, 6.07) is 9.64. The third-order valence-electron chi connectivity index (χ3n) is 4.85. The second-order valence-electron chi connectivity index (χ2n) is 6.25. The molecule has 122 valence electrons. The Hall–Kier alpha value is -2.55. The molecule has 1 aliphatic carbocycles. The van der Waals surface area contributed by atoms with Crippen LogP contribution in [0.1, 0.15) is 22.4 Å². The lowest BCUT2D eigenvalue weighted by atomic mass is 10.1. The summed E-state index contributed by atoms with van der Waals surface area (Å²) in [4.78, 5) is 17.8. The molecule has 25 heavy (non-hydrogen) atoms. The molecule has 1 N–H and O–H groups in total. The van der Waals surface area contributed by atoms with E-state index in [-0.39, 0.29) is 5.56 Å². The predicted octanol–water partition coefficient (Wildman–Crippen LogP) is 4.52. The first-order valence-corrected chi connectivity index (χ1v) is 9.24. The minimum absolute atomic E-state index is 0.0980. The molecule has 0 spiro atoms. The third-order valence-corrected chi connectivity index (χ3v) is 6.40. The molecule has 4 aromatic rings. The van der Waals surface area contributed by atoms with Crippen LogP contribution in [0, 0.1) is 11.3 Å². The van der Waals surface area contributed by atoms with Crippen molar-refractivity contribution in [2.75, 3.05) is 0 Å². The summed E-state index contributed by atoms with van der Waals surface area (Å²) in [5, 5.41) is 11.1. The summed E-state index contributed by atoms with van der Waals surface area (Å²) in [7, 11) is 0. The number of nitrogens with zero attached hydrogens (tertiary/aromatic N) is 2. The van der Waals surface area contributed by atoms with E-state index in [2.05, 4.69) is 11.1 Å². The molecule has 0 amide bonds. The number of aromatic amines is 1. The number of rotatable bonds is 1. The van der Waals surface area contributed by atoms with E-state index < -0.39 is 0 Å². The van der Waals surface area contributed by atoms with E-state index in [9.17, 15) is 10.1 Å². The predicted molar refractivity (Wildman–Crippen MR) is 101 cm³/mol. The Balaban J connectivity index is 1.90. The molecular formula is C19H12ClN3OS. The molecule has 3 aromatic heterocycles. The van der Waals surface area contributed by atoms with E-state index in [1.807, 2.05) is 22.7 Å². The largest absolute Gasteiger partial charge is 0.306 e. The normalized spacial score (nSPS) is 13.4. The van der Waals surface area contributed by atoms with Gasteiger partial charge in [0.1, 0.15) is 22.1 Å². The monoisotopic (exact) mass is 365 g/mol. The van der Waals surface area contributed by atoms with Crippen LogP contribution in [0.5, 0.6) is 0 Å². The first-order chi connectivity index (χ1) is 12.2. The molecule has 1 aliphatic rings. The van der Waals surface area contributed by atoms with Gasteiger partial charge >= 0.3 is 0 Å². The summed E-state index contributed by atoms with van der Waals surface area (Å²) < 4.78 is 1.96. The molecule has 0 radical (unpaired) electrons. The molecule has 0 fully saturated rings. The smallest absolute Gasteiger partial charge is 0.260 e. The van der Waals surface area contributed by atoms with Crippen LogP contribution in [-0.2, 0) is 12.8 Å². The highest BCUT2D eigenvalue weighted by molar-refractivity contribution is 7.19. The lowest BCUT2D eigenvalue weighted by Crippen LogP contribution is -2.09. The number of H-pyrrole nitrogens is 1. The minimum Gasteiger partial charge on any atom is -0.306 e. The maximum Gasteiger partial charge on any atom is 0.260 e. The zero-order chi connectivity index (χ0) is 17.1. The van der Waals surface area contributed by atoms with Crippen molar-refractivity contribution in [1.29, 1.82) is 5.26 Å².